The van der Waals surface area contributed by atoms with E-state index in [4.69, 9.17) is 0 Å². The second-order valence-corrected chi connectivity index (χ2v) is 5.75. The molecule has 3 nitrogen and oxygen atoms in total. The van der Waals surface area contributed by atoms with Crippen molar-refractivity contribution in [2.24, 2.45) is 0 Å². The highest BCUT2D eigenvalue weighted by Crippen LogP contribution is 2.28. The van der Waals surface area contributed by atoms with Crippen LogP contribution in [0.5, 0.6) is 0 Å². The summed E-state index contributed by atoms with van der Waals surface area (Å²) in [5.41, 5.74) is 3.25. The van der Waals surface area contributed by atoms with E-state index in [9.17, 15) is 4.79 Å². The van der Waals surface area contributed by atoms with Crippen LogP contribution in [0.1, 0.15) is 10.5 Å². The van der Waals surface area contributed by atoms with E-state index in [1.54, 1.807) is 6.20 Å². The van der Waals surface area contributed by atoms with E-state index < -0.39 is 0 Å². The van der Waals surface area contributed by atoms with Crippen LogP contribution in [-0.4, -0.2) is 10.9 Å². The summed E-state index contributed by atoms with van der Waals surface area (Å²) in [6, 6.07) is 27.5. The Kier molecular flexibility index (Phi) is 3.97. The van der Waals surface area contributed by atoms with Crippen LogP contribution in [0.2, 0.25) is 0 Å². The first kappa shape index (κ1) is 15.1. The fraction of sp³-hybridized carbons (Fsp3) is 0. The standard InChI is InChI=1S/C22H16N2O/c25-22(21-19-12-5-4-10-17(19)14-15-23-21)24-20-13-7-6-11-18(20)16-8-2-1-3-9-16/h1-15H,(H,24,25). The minimum atomic E-state index is -0.208. The van der Waals surface area contributed by atoms with Gasteiger partial charge in [-0.1, -0.05) is 72.8 Å². The highest BCUT2D eigenvalue weighted by atomic mass is 16.1. The van der Waals surface area contributed by atoms with Crippen molar-refractivity contribution in [3.63, 3.8) is 0 Å². The molecule has 0 aliphatic heterocycles. The molecule has 0 bridgehead atoms. The molecule has 0 aliphatic rings. The third-order valence-corrected chi connectivity index (χ3v) is 4.15. The lowest BCUT2D eigenvalue weighted by Gasteiger charge is -2.12. The zero-order valence-corrected chi connectivity index (χ0v) is 13.5. The van der Waals surface area contributed by atoms with E-state index in [0.29, 0.717) is 5.69 Å². The van der Waals surface area contributed by atoms with Crippen molar-refractivity contribution < 1.29 is 4.79 Å². The number of aromatic nitrogens is 1. The Hall–Kier alpha value is -3.46. The number of benzene rings is 3. The van der Waals surface area contributed by atoms with Crippen LogP contribution in [-0.2, 0) is 0 Å². The zero-order chi connectivity index (χ0) is 17.1. The first-order valence-corrected chi connectivity index (χ1v) is 8.12. The molecule has 1 heterocycles. The molecular weight excluding hydrogens is 308 g/mol. The van der Waals surface area contributed by atoms with Gasteiger partial charge in [0.15, 0.2) is 0 Å². The molecule has 1 amide bonds. The number of anilines is 1. The van der Waals surface area contributed by atoms with Crippen LogP contribution in [0.4, 0.5) is 5.69 Å². The minimum absolute atomic E-state index is 0.208. The first-order chi connectivity index (χ1) is 12.3. The van der Waals surface area contributed by atoms with E-state index in [1.165, 1.54) is 0 Å². The molecule has 0 aliphatic carbocycles. The summed E-state index contributed by atoms with van der Waals surface area (Å²) in [5.74, 6) is -0.208. The summed E-state index contributed by atoms with van der Waals surface area (Å²) in [6.07, 6.45) is 1.67. The van der Waals surface area contributed by atoms with Crippen molar-refractivity contribution >= 4 is 22.4 Å². The number of nitrogens with zero attached hydrogens (tertiary/aromatic N) is 1. The van der Waals surface area contributed by atoms with Crippen LogP contribution < -0.4 is 5.32 Å². The van der Waals surface area contributed by atoms with E-state index in [0.717, 1.165) is 27.6 Å². The Morgan fingerprint density at radius 2 is 1.48 bits per heavy atom. The monoisotopic (exact) mass is 324 g/mol. The van der Waals surface area contributed by atoms with E-state index in [-0.39, 0.29) is 5.91 Å². The molecule has 120 valence electrons. The number of hydrogen-bond donors (Lipinski definition) is 1. The van der Waals surface area contributed by atoms with Crippen molar-refractivity contribution in [1.29, 1.82) is 0 Å². The average Bonchev–Trinajstić information content (AvgIpc) is 2.68. The Morgan fingerprint density at radius 3 is 2.36 bits per heavy atom. The summed E-state index contributed by atoms with van der Waals surface area (Å²) in [4.78, 5) is 17.1. The Labute approximate surface area is 146 Å². The number of fused-ring (bicyclic) bond motifs is 1. The minimum Gasteiger partial charge on any atom is -0.320 e. The van der Waals surface area contributed by atoms with Crippen molar-refractivity contribution in [2.45, 2.75) is 0 Å². The SMILES string of the molecule is O=C(Nc1ccccc1-c1ccccc1)c1nccc2ccccc12. The van der Waals surface area contributed by atoms with Gasteiger partial charge in [-0.05, 0) is 23.1 Å². The van der Waals surface area contributed by atoms with Gasteiger partial charge >= 0.3 is 0 Å². The number of rotatable bonds is 3. The van der Waals surface area contributed by atoms with Gasteiger partial charge in [-0.25, -0.2) is 0 Å². The molecule has 25 heavy (non-hydrogen) atoms. The molecular formula is C22H16N2O. The summed E-state index contributed by atoms with van der Waals surface area (Å²) in [5, 5.41) is 4.86. The topological polar surface area (TPSA) is 42.0 Å². The molecule has 0 saturated carbocycles. The molecule has 1 aromatic heterocycles. The molecule has 0 fully saturated rings. The summed E-state index contributed by atoms with van der Waals surface area (Å²) in [7, 11) is 0. The fourth-order valence-electron chi connectivity index (χ4n) is 2.94. The van der Waals surface area contributed by atoms with Gasteiger partial charge < -0.3 is 5.32 Å². The van der Waals surface area contributed by atoms with Crippen molar-refractivity contribution in [3.05, 3.63) is 96.8 Å². The number of amides is 1. The molecule has 0 radical (unpaired) electrons. The molecule has 1 N–H and O–H groups in total. The van der Waals surface area contributed by atoms with Crippen molar-refractivity contribution in [1.82, 2.24) is 4.98 Å². The first-order valence-electron chi connectivity index (χ1n) is 8.12. The van der Waals surface area contributed by atoms with Crippen LogP contribution in [0.3, 0.4) is 0 Å². The molecule has 0 spiro atoms. The maximum Gasteiger partial charge on any atom is 0.274 e. The number of nitrogens with one attached hydrogen (secondary N) is 1. The molecule has 3 aromatic carbocycles. The van der Waals surface area contributed by atoms with Gasteiger partial charge in [0.25, 0.3) is 5.91 Å². The fourth-order valence-corrected chi connectivity index (χ4v) is 2.94. The van der Waals surface area contributed by atoms with Crippen LogP contribution in [0.25, 0.3) is 21.9 Å². The van der Waals surface area contributed by atoms with Gasteiger partial charge in [0.1, 0.15) is 5.69 Å². The predicted octanol–water partition coefficient (Wildman–Crippen LogP) is 5.15. The number of carbonyl (C=O) groups is 1. The number of pyridine rings is 1. The van der Waals surface area contributed by atoms with Crippen LogP contribution in [0.15, 0.2) is 91.1 Å². The Morgan fingerprint density at radius 1 is 0.760 bits per heavy atom. The largest absolute Gasteiger partial charge is 0.320 e. The Balaban J connectivity index is 1.72. The van der Waals surface area contributed by atoms with Crippen LogP contribution in [0, 0.1) is 0 Å². The lowest BCUT2D eigenvalue weighted by atomic mass is 10.0. The molecule has 4 aromatic rings. The predicted molar refractivity (Wildman–Crippen MR) is 102 cm³/mol. The molecule has 0 unspecified atom stereocenters. The lowest BCUT2D eigenvalue weighted by molar-refractivity contribution is 0.102. The van der Waals surface area contributed by atoms with E-state index in [1.807, 2.05) is 84.9 Å². The van der Waals surface area contributed by atoms with Crippen LogP contribution >= 0.6 is 0 Å². The molecule has 0 saturated heterocycles. The Bertz CT molecular complexity index is 1040. The highest BCUT2D eigenvalue weighted by Gasteiger charge is 2.13. The molecule has 3 heteroatoms. The van der Waals surface area contributed by atoms with E-state index in [2.05, 4.69) is 10.3 Å². The third kappa shape index (κ3) is 3.00. The molecule has 0 atom stereocenters. The maximum absolute atomic E-state index is 12.8. The van der Waals surface area contributed by atoms with Gasteiger partial charge in [-0.15, -0.1) is 0 Å². The summed E-state index contributed by atoms with van der Waals surface area (Å²) < 4.78 is 0. The van der Waals surface area contributed by atoms with Gasteiger partial charge in [0.2, 0.25) is 0 Å². The van der Waals surface area contributed by atoms with E-state index >= 15 is 0 Å². The maximum atomic E-state index is 12.8. The quantitative estimate of drug-likeness (QED) is 0.566. The third-order valence-electron chi connectivity index (χ3n) is 4.15. The molecule has 4 rings (SSSR count). The summed E-state index contributed by atoms with van der Waals surface area (Å²) in [6.45, 7) is 0. The smallest absolute Gasteiger partial charge is 0.274 e. The second kappa shape index (κ2) is 6.57. The highest BCUT2D eigenvalue weighted by molar-refractivity contribution is 6.12. The number of carbonyl (C=O) groups excluding carboxylic acids is 1. The lowest BCUT2D eigenvalue weighted by Crippen LogP contribution is -2.14. The average molecular weight is 324 g/mol. The van der Waals surface area contributed by atoms with Gasteiger partial charge in [-0.3, -0.25) is 9.78 Å². The number of para-hydroxylation sites is 1. The van der Waals surface area contributed by atoms with Gasteiger partial charge in [0.05, 0.1) is 0 Å². The van der Waals surface area contributed by atoms with Gasteiger partial charge in [0, 0.05) is 22.8 Å². The number of hydrogen-bond acceptors (Lipinski definition) is 2. The summed E-state index contributed by atoms with van der Waals surface area (Å²) >= 11 is 0. The van der Waals surface area contributed by atoms with Gasteiger partial charge in [-0.2, -0.15) is 0 Å². The van der Waals surface area contributed by atoms with Crippen molar-refractivity contribution in [2.75, 3.05) is 5.32 Å². The normalized spacial score (nSPS) is 10.6. The van der Waals surface area contributed by atoms with Crippen molar-refractivity contribution in [3.8, 4) is 11.1 Å². The zero-order valence-electron chi connectivity index (χ0n) is 13.5. The second-order valence-electron chi connectivity index (χ2n) is 5.75.